The van der Waals surface area contributed by atoms with Crippen molar-refractivity contribution in [3.05, 3.63) is 29.8 Å². The van der Waals surface area contributed by atoms with Crippen LogP contribution in [0.3, 0.4) is 0 Å². The maximum absolute atomic E-state index is 9.19. The van der Waals surface area contributed by atoms with Crippen LogP contribution in [0.4, 0.5) is 0 Å². The van der Waals surface area contributed by atoms with Crippen molar-refractivity contribution in [2.24, 2.45) is 0 Å². The fraction of sp³-hybridized carbons (Fsp3) is 0.571. The highest BCUT2D eigenvalue weighted by Gasteiger charge is 2.24. The van der Waals surface area contributed by atoms with Gasteiger partial charge < -0.3 is 14.6 Å². The van der Waals surface area contributed by atoms with Gasteiger partial charge in [-0.15, -0.1) is 0 Å². The Morgan fingerprint density at radius 3 is 2.67 bits per heavy atom. The predicted octanol–water partition coefficient (Wildman–Crippen LogP) is 1.28. The number of aliphatic hydroxyl groups excluding tert-OH is 1. The molecular weight excluding hydrogens is 230 g/mol. The lowest BCUT2D eigenvalue weighted by atomic mass is 10.1. The molecule has 0 bridgehead atoms. The van der Waals surface area contributed by atoms with Gasteiger partial charge in [-0.2, -0.15) is 0 Å². The van der Waals surface area contributed by atoms with Gasteiger partial charge >= 0.3 is 0 Å². The van der Waals surface area contributed by atoms with Crippen molar-refractivity contribution in [3.63, 3.8) is 0 Å². The van der Waals surface area contributed by atoms with E-state index in [1.807, 2.05) is 19.1 Å². The molecule has 1 heterocycles. The highest BCUT2D eigenvalue weighted by Crippen LogP contribution is 2.16. The molecule has 100 valence electrons. The Hall–Kier alpha value is -1.10. The molecule has 1 aromatic rings. The Morgan fingerprint density at radius 2 is 2.06 bits per heavy atom. The SMILES string of the molecule is COc1ccc(CN2C[C@@H](CO)O[C@@H](C)C2)cc1. The molecule has 0 aromatic heterocycles. The summed E-state index contributed by atoms with van der Waals surface area (Å²) in [6, 6.07) is 8.10. The topological polar surface area (TPSA) is 41.9 Å². The smallest absolute Gasteiger partial charge is 0.118 e. The van der Waals surface area contributed by atoms with E-state index in [9.17, 15) is 5.11 Å². The number of ether oxygens (including phenoxy) is 2. The third-order valence-electron chi connectivity index (χ3n) is 3.17. The second kappa shape index (κ2) is 6.18. The van der Waals surface area contributed by atoms with Crippen LogP contribution in [0, 0.1) is 0 Å². The first-order valence-corrected chi connectivity index (χ1v) is 6.33. The first kappa shape index (κ1) is 13.3. The van der Waals surface area contributed by atoms with Crippen molar-refractivity contribution in [3.8, 4) is 5.75 Å². The van der Waals surface area contributed by atoms with Gasteiger partial charge in [-0.05, 0) is 24.6 Å². The zero-order chi connectivity index (χ0) is 13.0. The summed E-state index contributed by atoms with van der Waals surface area (Å²) in [5, 5.41) is 9.19. The van der Waals surface area contributed by atoms with Crippen LogP contribution in [0.25, 0.3) is 0 Å². The van der Waals surface area contributed by atoms with E-state index in [0.717, 1.165) is 25.4 Å². The molecule has 4 nitrogen and oxygen atoms in total. The number of rotatable bonds is 4. The van der Waals surface area contributed by atoms with Crippen LogP contribution in [0.15, 0.2) is 24.3 Å². The zero-order valence-electron chi connectivity index (χ0n) is 11.0. The summed E-state index contributed by atoms with van der Waals surface area (Å²) in [5.74, 6) is 0.877. The molecule has 0 radical (unpaired) electrons. The lowest BCUT2D eigenvalue weighted by Gasteiger charge is -2.36. The van der Waals surface area contributed by atoms with Crippen molar-refractivity contribution < 1.29 is 14.6 Å². The van der Waals surface area contributed by atoms with E-state index >= 15 is 0 Å². The summed E-state index contributed by atoms with van der Waals surface area (Å²) in [6.07, 6.45) is 0.112. The Kier molecular flexibility index (Phi) is 4.58. The van der Waals surface area contributed by atoms with Gasteiger partial charge in [-0.25, -0.2) is 0 Å². The first-order valence-electron chi connectivity index (χ1n) is 6.33. The fourth-order valence-corrected chi connectivity index (χ4v) is 2.36. The van der Waals surface area contributed by atoms with Crippen molar-refractivity contribution in [1.29, 1.82) is 0 Å². The molecule has 0 aliphatic carbocycles. The summed E-state index contributed by atoms with van der Waals surface area (Å²) >= 11 is 0. The minimum atomic E-state index is -0.0630. The summed E-state index contributed by atoms with van der Waals surface area (Å²) in [7, 11) is 1.67. The van der Waals surface area contributed by atoms with Crippen molar-refractivity contribution in [1.82, 2.24) is 4.90 Å². The van der Waals surface area contributed by atoms with Crippen LogP contribution in [0.2, 0.25) is 0 Å². The molecule has 2 atom stereocenters. The maximum Gasteiger partial charge on any atom is 0.118 e. The van der Waals surface area contributed by atoms with E-state index < -0.39 is 0 Å². The zero-order valence-corrected chi connectivity index (χ0v) is 11.0. The second-order valence-electron chi connectivity index (χ2n) is 4.79. The van der Waals surface area contributed by atoms with Gasteiger partial charge in [0, 0.05) is 19.6 Å². The molecule has 0 unspecified atom stereocenters. The molecule has 0 amide bonds. The molecular formula is C14H21NO3. The average Bonchev–Trinajstić information content (AvgIpc) is 2.39. The standard InChI is InChI=1S/C14H21NO3/c1-11-7-15(9-14(10-16)18-11)8-12-3-5-13(17-2)6-4-12/h3-6,11,14,16H,7-10H2,1-2H3/t11-,14-/m0/s1. The number of hydrogen-bond donors (Lipinski definition) is 1. The van der Waals surface area contributed by atoms with Gasteiger partial charge in [0.05, 0.1) is 25.9 Å². The lowest BCUT2D eigenvalue weighted by Crippen LogP contribution is -2.47. The second-order valence-corrected chi connectivity index (χ2v) is 4.79. The fourth-order valence-electron chi connectivity index (χ4n) is 2.36. The largest absolute Gasteiger partial charge is 0.497 e. The molecule has 1 fully saturated rings. The van der Waals surface area contributed by atoms with Gasteiger partial charge in [0.25, 0.3) is 0 Å². The van der Waals surface area contributed by atoms with E-state index in [2.05, 4.69) is 17.0 Å². The maximum atomic E-state index is 9.19. The van der Waals surface area contributed by atoms with Crippen LogP contribution >= 0.6 is 0 Å². The summed E-state index contributed by atoms with van der Waals surface area (Å²) in [6.45, 7) is 4.70. The van der Waals surface area contributed by atoms with Crippen LogP contribution in [-0.4, -0.2) is 49.0 Å². The molecule has 2 rings (SSSR count). The number of aliphatic hydroxyl groups is 1. The molecule has 4 heteroatoms. The molecule has 1 N–H and O–H groups in total. The van der Waals surface area contributed by atoms with Crippen molar-refractivity contribution >= 4 is 0 Å². The van der Waals surface area contributed by atoms with Crippen LogP contribution < -0.4 is 4.74 Å². The van der Waals surface area contributed by atoms with E-state index in [4.69, 9.17) is 9.47 Å². The van der Waals surface area contributed by atoms with Gasteiger partial charge in [0.2, 0.25) is 0 Å². The molecule has 1 aliphatic heterocycles. The summed E-state index contributed by atoms with van der Waals surface area (Å²) in [4.78, 5) is 2.32. The number of benzene rings is 1. The van der Waals surface area contributed by atoms with E-state index in [1.165, 1.54) is 5.56 Å². The Morgan fingerprint density at radius 1 is 1.33 bits per heavy atom. The van der Waals surface area contributed by atoms with E-state index in [-0.39, 0.29) is 18.8 Å². The van der Waals surface area contributed by atoms with E-state index in [0.29, 0.717) is 0 Å². The number of nitrogens with zero attached hydrogens (tertiary/aromatic N) is 1. The number of morpholine rings is 1. The van der Waals surface area contributed by atoms with Crippen molar-refractivity contribution in [2.75, 3.05) is 26.8 Å². The first-order chi connectivity index (χ1) is 8.71. The minimum absolute atomic E-state index is 0.0630. The van der Waals surface area contributed by atoms with Crippen molar-refractivity contribution in [2.45, 2.75) is 25.7 Å². The van der Waals surface area contributed by atoms with Crippen LogP contribution in [0.1, 0.15) is 12.5 Å². The summed E-state index contributed by atoms with van der Waals surface area (Å²) < 4.78 is 10.8. The van der Waals surface area contributed by atoms with Gasteiger partial charge in [0.1, 0.15) is 5.75 Å². The molecule has 18 heavy (non-hydrogen) atoms. The Bertz CT molecular complexity index is 366. The highest BCUT2D eigenvalue weighted by molar-refractivity contribution is 5.27. The quantitative estimate of drug-likeness (QED) is 0.875. The van der Waals surface area contributed by atoms with E-state index in [1.54, 1.807) is 7.11 Å². The lowest BCUT2D eigenvalue weighted by molar-refractivity contribution is -0.0972. The highest BCUT2D eigenvalue weighted by atomic mass is 16.5. The Labute approximate surface area is 108 Å². The van der Waals surface area contributed by atoms with Gasteiger partial charge in [0.15, 0.2) is 0 Å². The number of methoxy groups -OCH3 is 1. The third kappa shape index (κ3) is 3.45. The van der Waals surface area contributed by atoms with Crippen LogP contribution in [0.5, 0.6) is 5.75 Å². The molecule has 1 aromatic carbocycles. The third-order valence-corrected chi connectivity index (χ3v) is 3.17. The monoisotopic (exact) mass is 251 g/mol. The normalized spacial score (nSPS) is 25.1. The summed E-state index contributed by atoms with van der Waals surface area (Å²) in [5.41, 5.74) is 1.25. The molecule has 1 saturated heterocycles. The molecule has 0 saturated carbocycles. The average molecular weight is 251 g/mol. The van der Waals surface area contributed by atoms with Gasteiger partial charge in [-0.3, -0.25) is 4.90 Å². The van der Waals surface area contributed by atoms with Crippen LogP contribution in [-0.2, 0) is 11.3 Å². The number of hydrogen-bond acceptors (Lipinski definition) is 4. The Balaban J connectivity index is 1.95. The minimum Gasteiger partial charge on any atom is -0.497 e. The van der Waals surface area contributed by atoms with Gasteiger partial charge in [-0.1, -0.05) is 12.1 Å². The molecule has 1 aliphatic rings. The predicted molar refractivity (Wildman–Crippen MR) is 69.7 cm³/mol. The molecule has 0 spiro atoms.